The molecule has 0 aromatic heterocycles. The van der Waals surface area contributed by atoms with E-state index in [1.54, 1.807) is 4.31 Å². The van der Waals surface area contributed by atoms with Gasteiger partial charge in [0.2, 0.25) is 0 Å². The molecule has 2 rings (SSSR count). The third-order valence-corrected chi connectivity index (χ3v) is 5.50. The zero-order chi connectivity index (χ0) is 13.2. The topological polar surface area (TPSA) is 58.6 Å². The summed E-state index contributed by atoms with van der Waals surface area (Å²) < 4.78 is 34.4. The zero-order valence-corrected chi connectivity index (χ0v) is 12.1. The Bertz CT molecular complexity index is 366. The van der Waals surface area contributed by atoms with E-state index in [9.17, 15) is 8.42 Å². The molecule has 106 valence electrons. The summed E-state index contributed by atoms with van der Waals surface area (Å²) in [5.41, 5.74) is 0. The van der Waals surface area contributed by atoms with Crippen LogP contribution in [0.5, 0.6) is 0 Å². The second-order valence-electron chi connectivity index (χ2n) is 5.57. The van der Waals surface area contributed by atoms with E-state index in [1.807, 2.05) is 6.92 Å². The van der Waals surface area contributed by atoms with Gasteiger partial charge < -0.3 is 4.74 Å². The van der Waals surface area contributed by atoms with Gasteiger partial charge in [0.05, 0.1) is 6.10 Å². The van der Waals surface area contributed by atoms with Crippen LogP contribution in [0.1, 0.15) is 39.5 Å². The summed E-state index contributed by atoms with van der Waals surface area (Å²) in [5, 5.41) is 0. The number of hydrogen-bond acceptors (Lipinski definition) is 3. The fourth-order valence-electron chi connectivity index (χ4n) is 2.75. The van der Waals surface area contributed by atoms with Crippen molar-refractivity contribution in [3.05, 3.63) is 0 Å². The van der Waals surface area contributed by atoms with Gasteiger partial charge in [-0.3, -0.25) is 0 Å². The van der Waals surface area contributed by atoms with Gasteiger partial charge in [0.25, 0.3) is 10.2 Å². The SMILES string of the molecule is CC1CCCN(S(=O)(=O)NC(C)C2CCCO2)C1. The fraction of sp³-hybridized carbons (Fsp3) is 1.00. The lowest BCUT2D eigenvalue weighted by Crippen LogP contribution is -2.50. The van der Waals surface area contributed by atoms with Crippen molar-refractivity contribution < 1.29 is 13.2 Å². The van der Waals surface area contributed by atoms with Crippen LogP contribution in [0.3, 0.4) is 0 Å². The van der Waals surface area contributed by atoms with E-state index < -0.39 is 10.2 Å². The van der Waals surface area contributed by atoms with Gasteiger partial charge in [0.1, 0.15) is 0 Å². The highest BCUT2D eigenvalue weighted by atomic mass is 32.2. The van der Waals surface area contributed by atoms with Crippen LogP contribution in [0.15, 0.2) is 0 Å². The Morgan fingerprint density at radius 1 is 1.33 bits per heavy atom. The molecule has 6 heteroatoms. The van der Waals surface area contributed by atoms with Crippen LogP contribution in [0.25, 0.3) is 0 Å². The van der Waals surface area contributed by atoms with Crippen molar-refractivity contribution in [2.24, 2.45) is 5.92 Å². The number of rotatable bonds is 4. The number of piperidine rings is 1. The van der Waals surface area contributed by atoms with Crippen LogP contribution >= 0.6 is 0 Å². The molecular formula is C12H24N2O3S. The Morgan fingerprint density at radius 2 is 2.11 bits per heavy atom. The summed E-state index contributed by atoms with van der Waals surface area (Å²) in [6.07, 6.45) is 4.07. The van der Waals surface area contributed by atoms with Crippen molar-refractivity contribution in [3.63, 3.8) is 0 Å². The molecule has 1 N–H and O–H groups in total. The van der Waals surface area contributed by atoms with E-state index in [1.165, 1.54) is 0 Å². The first-order chi connectivity index (χ1) is 8.49. The quantitative estimate of drug-likeness (QED) is 0.837. The predicted octanol–water partition coefficient (Wildman–Crippen LogP) is 1.12. The maximum atomic E-state index is 12.3. The maximum absolute atomic E-state index is 12.3. The van der Waals surface area contributed by atoms with Gasteiger partial charge in [-0.15, -0.1) is 0 Å². The van der Waals surface area contributed by atoms with Crippen molar-refractivity contribution in [2.45, 2.75) is 51.7 Å². The van der Waals surface area contributed by atoms with Gasteiger partial charge in [-0.25, -0.2) is 0 Å². The van der Waals surface area contributed by atoms with Crippen LogP contribution in [-0.4, -0.2) is 44.6 Å². The van der Waals surface area contributed by atoms with E-state index >= 15 is 0 Å². The van der Waals surface area contributed by atoms with Crippen LogP contribution < -0.4 is 4.72 Å². The molecule has 2 fully saturated rings. The van der Waals surface area contributed by atoms with Gasteiger partial charge in [-0.1, -0.05) is 6.92 Å². The van der Waals surface area contributed by atoms with E-state index in [2.05, 4.69) is 11.6 Å². The van der Waals surface area contributed by atoms with E-state index in [-0.39, 0.29) is 12.1 Å². The van der Waals surface area contributed by atoms with Crippen molar-refractivity contribution in [2.75, 3.05) is 19.7 Å². The van der Waals surface area contributed by atoms with Crippen molar-refractivity contribution in [3.8, 4) is 0 Å². The fourth-order valence-corrected chi connectivity index (χ4v) is 4.34. The minimum atomic E-state index is -3.35. The molecule has 2 aliphatic rings. The van der Waals surface area contributed by atoms with Crippen molar-refractivity contribution in [1.82, 2.24) is 9.03 Å². The molecule has 0 aromatic rings. The summed E-state index contributed by atoms with van der Waals surface area (Å²) in [6, 6.07) is -0.144. The van der Waals surface area contributed by atoms with Crippen molar-refractivity contribution >= 4 is 10.2 Å². The molecule has 0 bridgehead atoms. The second-order valence-corrected chi connectivity index (χ2v) is 7.27. The van der Waals surface area contributed by atoms with E-state index in [0.29, 0.717) is 19.0 Å². The van der Waals surface area contributed by atoms with Crippen LogP contribution in [0, 0.1) is 5.92 Å². The molecule has 0 aliphatic carbocycles. The molecule has 3 atom stereocenters. The van der Waals surface area contributed by atoms with Gasteiger partial charge in [-0.05, 0) is 38.5 Å². The highest BCUT2D eigenvalue weighted by Gasteiger charge is 2.31. The molecule has 0 amide bonds. The van der Waals surface area contributed by atoms with Crippen LogP contribution in [-0.2, 0) is 14.9 Å². The van der Waals surface area contributed by atoms with Crippen molar-refractivity contribution in [1.29, 1.82) is 0 Å². The third kappa shape index (κ3) is 3.44. The lowest BCUT2D eigenvalue weighted by Gasteiger charge is -2.31. The third-order valence-electron chi connectivity index (χ3n) is 3.82. The summed E-state index contributed by atoms with van der Waals surface area (Å²) in [7, 11) is -3.35. The Balaban J connectivity index is 1.93. The second kappa shape index (κ2) is 5.86. The molecule has 2 aliphatic heterocycles. The highest BCUT2D eigenvalue weighted by Crippen LogP contribution is 2.20. The number of nitrogens with zero attached hydrogens (tertiary/aromatic N) is 1. The average molecular weight is 276 g/mol. The summed E-state index contributed by atoms with van der Waals surface area (Å²) in [5.74, 6) is 0.452. The van der Waals surface area contributed by atoms with Gasteiger partial charge in [0, 0.05) is 25.7 Å². The molecule has 3 unspecified atom stereocenters. The van der Waals surface area contributed by atoms with Gasteiger partial charge in [0.15, 0.2) is 0 Å². The van der Waals surface area contributed by atoms with Crippen LogP contribution in [0.4, 0.5) is 0 Å². The molecule has 2 saturated heterocycles. The standard InChI is InChI=1S/C12H24N2O3S/c1-10-5-3-7-14(9-10)18(15,16)13-11(2)12-6-4-8-17-12/h10-13H,3-9H2,1-2H3. The first kappa shape index (κ1) is 14.2. The molecular weight excluding hydrogens is 252 g/mol. The van der Waals surface area contributed by atoms with Crippen LogP contribution in [0.2, 0.25) is 0 Å². The summed E-state index contributed by atoms with van der Waals surface area (Å²) >= 11 is 0. The Labute approximate surface area is 110 Å². The van der Waals surface area contributed by atoms with Gasteiger partial charge >= 0.3 is 0 Å². The Hall–Kier alpha value is -0.170. The highest BCUT2D eigenvalue weighted by molar-refractivity contribution is 7.87. The molecule has 0 saturated carbocycles. The molecule has 0 spiro atoms. The van der Waals surface area contributed by atoms with E-state index in [0.717, 1.165) is 32.3 Å². The van der Waals surface area contributed by atoms with E-state index in [4.69, 9.17) is 4.74 Å². The maximum Gasteiger partial charge on any atom is 0.279 e. The summed E-state index contributed by atoms with van der Waals surface area (Å²) in [4.78, 5) is 0. The minimum absolute atomic E-state index is 0.0296. The van der Waals surface area contributed by atoms with Gasteiger partial charge in [-0.2, -0.15) is 17.4 Å². The molecule has 0 radical (unpaired) electrons. The number of hydrogen-bond donors (Lipinski definition) is 1. The molecule has 5 nitrogen and oxygen atoms in total. The molecule has 0 aromatic carbocycles. The monoisotopic (exact) mass is 276 g/mol. The average Bonchev–Trinajstić information content (AvgIpc) is 2.82. The largest absolute Gasteiger partial charge is 0.377 e. The lowest BCUT2D eigenvalue weighted by atomic mass is 10.0. The first-order valence-electron chi connectivity index (χ1n) is 6.88. The Morgan fingerprint density at radius 3 is 2.72 bits per heavy atom. The molecule has 2 heterocycles. The predicted molar refractivity (Wildman–Crippen MR) is 70.5 cm³/mol. The zero-order valence-electron chi connectivity index (χ0n) is 11.3. The first-order valence-corrected chi connectivity index (χ1v) is 8.32. The smallest absolute Gasteiger partial charge is 0.279 e. The summed E-state index contributed by atoms with van der Waals surface area (Å²) in [6.45, 7) is 6.01. The number of nitrogens with one attached hydrogen (secondary N) is 1. The number of ether oxygens (including phenoxy) is 1. The lowest BCUT2D eigenvalue weighted by molar-refractivity contribution is 0.0894. The Kier molecular flexibility index (Phi) is 4.64. The normalized spacial score (nSPS) is 32.6. The molecule has 18 heavy (non-hydrogen) atoms. The minimum Gasteiger partial charge on any atom is -0.377 e.